The molecule has 3 aromatic rings. The van der Waals surface area contributed by atoms with E-state index in [2.05, 4.69) is 0 Å². The highest BCUT2D eigenvalue weighted by Crippen LogP contribution is 2.53. The Morgan fingerprint density at radius 3 is 2.33 bits per heavy atom. The average molecular weight is 619 g/mol. The zero-order valence-electron chi connectivity index (χ0n) is 22.7. The number of fused-ring (bicyclic) bond motifs is 2. The third-order valence-corrected chi connectivity index (χ3v) is 9.04. The maximum absolute atomic E-state index is 14.3. The van der Waals surface area contributed by atoms with E-state index in [4.69, 9.17) is 21.1 Å². The molecule has 42 heavy (non-hydrogen) atoms. The highest BCUT2D eigenvalue weighted by atomic mass is 35.5. The number of nitrogens with zero attached hydrogens (tertiary/aromatic N) is 2. The molecule has 0 radical (unpaired) electrons. The van der Waals surface area contributed by atoms with Crippen molar-refractivity contribution in [2.45, 2.75) is 37.8 Å². The van der Waals surface area contributed by atoms with Gasteiger partial charge in [0.2, 0.25) is 5.91 Å². The van der Waals surface area contributed by atoms with E-state index in [1.54, 1.807) is 45.0 Å². The first-order valence-electron chi connectivity index (χ1n) is 12.7. The number of ether oxygens (including phenoxy) is 2. The lowest BCUT2D eigenvalue weighted by Crippen LogP contribution is -2.54. The molecule has 1 fully saturated rings. The summed E-state index contributed by atoms with van der Waals surface area (Å²) in [4.78, 5) is 39.1. The van der Waals surface area contributed by atoms with Crippen LogP contribution in [0.5, 0.6) is 5.75 Å². The van der Waals surface area contributed by atoms with Gasteiger partial charge in [-0.15, -0.1) is 0 Å². The summed E-state index contributed by atoms with van der Waals surface area (Å²) < 4.78 is 66.7. The SMILES string of the molecule is CC(C)(C)OC(=O)COc1ccc2c(c1)C1(C(=O)N2Cc2ccc(Cl)cc2)N(c2ccc(F)c(F)c2)C(=O)CS1(=O)=O. The minimum absolute atomic E-state index is 0.0138. The fraction of sp³-hybridized carbons (Fsp3) is 0.276. The van der Waals surface area contributed by atoms with Crippen LogP contribution in [-0.2, 0) is 40.4 Å². The van der Waals surface area contributed by atoms with Crippen LogP contribution in [0.15, 0.2) is 60.7 Å². The lowest BCUT2D eigenvalue weighted by atomic mass is 10.0. The van der Waals surface area contributed by atoms with E-state index in [9.17, 15) is 31.6 Å². The molecule has 220 valence electrons. The van der Waals surface area contributed by atoms with E-state index < -0.39 is 62.1 Å². The lowest BCUT2D eigenvalue weighted by Gasteiger charge is -2.32. The van der Waals surface area contributed by atoms with Crippen LogP contribution in [0, 0.1) is 11.6 Å². The summed E-state index contributed by atoms with van der Waals surface area (Å²) in [7, 11) is -4.62. The Morgan fingerprint density at radius 1 is 1.00 bits per heavy atom. The standard InChI is InChI=1S/C29H25ClF2N2O7S/c1-28(2,3)41-26(36)15-40-20-9-11-24-21(13-20)29(27(37)33(24)14-17-4-6-18(30)7-5-17)34(25(35)16-42(29,38)39)19-8-10-22(31)23(32)12-19/h4-13H,14-16H2,1-3H3. The average Bonchev–Trinajstić information content (AvgIpc) is 3.26. The van der Waals surface area contributed by atoms with Gasteiger partial charge in [-0.2, -0.15) is 0 Å². The van der Waals surface area contributed by atoms with E-state index in [0.29, 0.717) is 21.6 Å². The summed E-state index contributed by atoms with van der Waals surface area (Å²) in [5.74, 6) is -6.29. The molecule has 0 bridgehead atoms. The number of sulfone groups is 1. The zero-order chi connectivity index (χ0) is 30.6. The van der Waals surface area contributed by atoms with Crippen molar-refractivity contribution in [1.82, 2.24) is 0 Å². The lowest BCUT2D eigenvalue weighted by molar-refractivity contribution is -0.157. The molecule has 2 heterocycles. The van der Waals surface area contributed by atoms with Gasteiger partial charge < -0.3 is 14.4 Å². The molecule has 0 saturated carbocycles. The monoisotopic (exact) mass is 618 g/mol. The first-order chi connectivity index (χ1) is 19.6. The summed E-state index contributed by atoms with van der Waals surface area (Å²) in [6, 6.07) is 13.1. The molecule has 2 aliphatic heterocycles. The highest BCUT2D eigenvalue weighted by molar-refractivity contribution is 7.94. The molecule has 13 heteroatoms. The van der Waals surface area contributed by atoms with Crippen molar-refractivity contribution in [2.75, 3.05) is 22.2 Å². The van der Waals surface area contributed by atoms with Gasteiger partial charge in [0, 0.05) is 22.3 Å². The molecule has 9 nitrogen and oxygen atoms in total. The van der Waals surface area contributed by atoms with Crippen LogP contribution in [0.25, 0.3) is 0 Å². The van der Waals surface area contributed by atoms with E-state index in [0.717, 1.165) is 12.1 Å². The molecule has 0 aromatic heterocycles. The molecule has 2 aliphatic rings. The van der Waals surface area contributed by atoms with Gasteiger partial charge in [-0.25, -0.2) is 22.0 Å². The van der Waals surface area contributed by atoms with Crippen molar-refractivity contribution in [3.8, 4) is 5.75 Å². The van der Waals surface area contributed by atoms with E-state index in [1.165, 1.54) is 23.1 Å². The number of benzene rings is 3. The van der Waals surface area contributed by atoms with E-state index in [1.807, 2.05) is 0 Å². The topological polar surface area (TPSA) is 110 Å². The summed E-state index contributed by atoms with van der Waals surface area (Å²) in [6.07, 6.45) is 0. The number of carbonyl (C=O) groups is 3. The second kappa shape index (κ2) is 10.4. The normalized spacial score (nSPS) is 19.4. The maximum atomic E-state index is 14.3. The van der Waals surface area contributed by atoms with Gasteiger partial charge in [0.15, 0.2) is 28.1 Å². The van der Waals surface area contributed by atoms with Crippen molar-refractivity contribution in [3.63, 3.8) is 0 Å². The van der Waals surface area contributed by atoms with Crippen LogP contribution < -0.4 is 14.5 Å². The largest absolute Gasteiger partial charge is 0.482 e. The Balaban J connectivity index is 1.66. The Hall–Kier alpha value is -4.03. The van der Waals surface area contributed by atoms with Gasteiger partial charge in [0.1, 0.15) is 17.1 Å². The molecule has 0 aliphatic carbocycles. The van der Waals surface area contributed by atoms with E-state index in [-0.39, 0.29) is 29.2 Å². The number of hydrogen-bond donors (Lipinski definition) is 0. The van der Waals surface area contributed by atoms with Crippen LogP contribution in [0.3, 0.4) is 0 Å². The third kappa shape index (κ3) is 4.98. The van der Waals surface area contributed by atoms with Gasteiger partial charge in [-0.1, -0.05) is 23.7 Å². The quantitative estimate of drug-likeness (QED) is 0.374. The van der Waals surface area contributed by atoms with E-state index >= 15 is 0 Å². The number of halogens is 3. The van der Waals surface area contributed by atoms with Crippen LogP contribution in [0.2, 0.25) is 5.02 Å². The van der Waals surface area contributed by atoms with Crippen LogP contribution in [0.1, 0.15) is 31.9 Å². The number of anilines is 2. The fourth-order valence-electron chi connectivity index (χ4n) is 5.07. The molecule has 1 atom stereocenters. The second-order valence-corrected chi connectivity index (χ2v) is 13.3. The van der Waals surface area contributed by atoms with Crippen molar-refractivity contribution in [1.29, 1.82) is 0 Å². The van der Waals surface area contributed by atoms with Gasteiger partial charge in [0.25, 0.3) is 10.8 Å². The molecular formula is C29H25ClF2N2O7S. The number of hydrogen-bond acceptors (Lipinski definition) is 7. The molecule has 0 N–H and O–H groups in total. The summed E-state index contributed by atoms with van der Waals surface area (Å²) >= 11 is 6.00. The van der Waals surface area contributed by atoms with Crippen molar-refractivity contribution in [2.24, 2.45) is 0 Å². The highest BCUT2D eigenvalue weighted by Gasteiger charge is 2.69. The van der Waals surface area contributed by atoms with Crippen molar-refractivity contribution in [3.05, 3.63) is 88.4 Å². The van der Waals surface area contributed by atoms with Crippen LogP contribution in [0.4, 0.5) is 20.2 Å². The minimum atomic E-state index is -4.62. The van der Waals surface area contributed by atoms with Gasteiger partial charge in [-0.3, -0.25) is 14.5 Å². The van der Waals surface area contributed by atoms with Crippen molar-refractivity contribution < 1.29 is 41.1 Å². The van der Waals surface area contributed by atoms with Gasteiger partial charge in [0.05, 0.1) is 12.2 Å². The predicted molar refractivity (Wildman–Crippen MR) is 150 cm³/mol. The Labute approximate surface area is 245 Å². The number of esters is 1. The molecule has 2 amide bonds. The second-order valence-electron chi connectivity index (χ2n) is 10.8. The first-order valence-corrected chi connectivity index (χ1v) is 14.7. The third-order valence-electron chi connectivity index (χ3n) is 6.68. The van der Waals surface area contributed by atoms with Gasteiger partial charge >= 0.3 is 5.97 Å². The smallest absolute Gasteiger partial charge is 0.344 e. The number of carbonyl (C=O) groups excluding carboxylic acids is 3. The van der Waals surface area contributed by atoms with Crippen molar-refractivity contribution >= 4 is 50.6 Å². The molecular weight excluding hydrogens is 594 g/mol. The van der Waals surface area contributed by atoms with Crippen LogP contribution >= 0.6 is 11.6 Å². The summed E-state index contributed by atoms with van der Waals surface area (Å²) in [5.41, 5.74) is -0.501. The molecule has 1 unspecified atom stereocenters. The summed E-state index contributed by atoms with van der Waals surface area (Å²) in [5, 5.41) is 0.448. The predicted octanol–water partition coefficient (Wildman–Crippen LogP) is 4.50. The number of amides is 2. The Bertz CT molecular complexity index is 1720. The fourth-order valence-corrected chi connectivity index (χ4v) is 7.22. The van der Waals surface area contributed by atoms with Crippen LogP contribution in [-0.4, -0.2) is 44.2 Å². The molecule has 1 saturated heterocycles. The number of rotatable bonds is 6. The first kappa shape index (κ1) is 29.5. The molecule has 1 spiro atoms. The molecule has 3 aromatic carbocycles. The maximum Gasteiger partial charge on any atom is 0.344 e. The minimum Gasteiger partial charge on any atom is -0.482 e. The van der Waals surface area contributed by atoms with Gasteiger partial charge in [-0.05, 0) is 68.8 Å². The Kier molecular flexibility index (Phi) is 7.26. The Morgan fingerprint density at radius 2 is 1.69 bits per heavy atom. The molecule has 5 rings (SSSR count). The zero-order valence-corrected chi connectivity index (χ0v) is 24.3. The summed E-state index contributed by atoms with van der Waals surface area (Å²) in [6.45, 7) is 4.42.